The number of rotatable bonds is 6. The Kier molecular flexibility index (Phi) is 6.32. The van der Waals surface area contributed by atoms with E-state index in [1.165, 1.54) is 12.1 Å². The summed E-state index contributed by atoms with van der Waals surface area (Å²) in [5.41, 5.74) is -0.0212. The van der Waals surface area contributed by atoms with Gasteiger partial charge in [0, 0.05) is 33.0 Å². The van der Waals surface area contributed by atoms with Crippen molar-refractivity contribution in [3.05, 3.63) is 70.8 Å². The maximum atomic E-state index is 14.0. The van der Waals surface area contributed by atoms with Crippen LogP contribution in [0.25, 0.3) is 43.1 Å². The second-order valence-electron chi connectivity index (χ2n) is 13.2. The fourth-order valence-corrected chi connectivity index (χ4v) is 7.87. The van der Waals surface area contributed by atoms with Gasteiger partial charge in [-0.2, -0.15) is 0 Å². The van der Waals surface area contributed by atoms with E-state index in [2.05, 4.69) is 24.5 Å². The van der Waals surface area contributed by atoms with E-state index >= 15 is 0 Å². The van der Waals surface area contributed by atoms with Gasteiger partial charge in [-0.25, -0.2) is 9.59 Å². The van der Waals surface area contributed by atoms with Crippen molar-refractivity contribution in [2.75, 3.05) is 0 Å². The van der Waals surface area contributed by atoms with Crippen LogP contribution in [0.15, 0.2) is 48.5 Å². The lowest BCUT2D eigenvalue weighted by Gasteiger charge is -2.28. The summed E-state index contributed by atoms with van der Waals surface area (Å²) in [7, 11) is 0. The van der Waals surface area contributed by atoms with Crippen LogP contribution in [0.3, 0.4) is 0 Å². The van der Waals surface area contributed by atoms with Crippen LogP contribution in [0.4, 0.5) is 0 Å². The number of fused-ring (bicyclic) bond motifs is 2. The molecule has 8 heteroatoms. The zero-order chi connectivity index (χ0) is 31.0. The highest BCUT2D eigenvalue weighted by Gasteiger charge is 2.34. The minimum atomic E-state index is -1.22. The number of carbonyl (C=O) groups is 4. The fraction of sp³-hybridized carbons (Fsp3) is 0.333. The molecule has 7 rings (SSSR count). The molecular formula is C36H34N2O6. The van der Waals surface area contributed by atoms with Crippen molar-refractivity contribution >= 4 is 66.8 Å². The Morgan fingerprint density at radius 2 is 0.795 bits per heavy atom. The largest absolute Gasteiger partial charge is 0.478 e. The highest BCUT2D eigenvalue weighted by molar-refractivity contribution is 6.38. The van der Waals surface area contributed by atoms with E-state index in [9.17, 15) is 29.4 Å². The summed E-state index contributed by atoms with van der Waals surface area (Å²) < 4.78 is 0. The monoisotopic (exact) mass is 590 g/mol. The number of carbonyl (C=O) groups excluding carboxylic acids is 2. The Bertz CT molecular complexity index is 1910. The number of hydrogen-bond acceptors (Lipinski definition) is 4. The topological polar surface area (TPSA) is 133 Å². The number of carboxylic acid groups (broad SMARTS) is 2. The van der Waals surface area contributed by atoms with Gasteiger partial charge in [-0.1, -0.05) is 49.9 Å². The molecule has 224 valence electrons. The minimum Gasteiger partial charge on any atom is -0.478 e. The molecule has 8 nitrogen and oxygen atoms in total. The molecule has 2 aliphatic carbocycles. The van der Waals surface area contributed by atoms with Crippen molar-refractivity contribution in [2.45, 2.75) is 76.3 Å². The van der Waals surface area contributed by atoms with E-state index in [4.69, 9.17) is 0 Å². The van der Waals surface area contributed by atoms with Gasteiger partial charge in [0.1, 0.15) is 0 Å². The first-order valence-electron chi connectivity index (χ1n) is 15.3. The average molecular weight is 591 g/mol. The lowest BCUT2D eigenvalue weighted by atomic mass is 9.84. The molecule has 2 fully saturated rings. The molecule has 0 atom stereocenters. The predicted octanol–water partition coefficient (Wildman–Crippen LogP) is 7.26. The maximum absolute atomic E-state index is 14.0. The van der Waals surface area contributed by atoms with Gasteiger partial charge >= 0.3 is 11.9 Å². The summed E-state index contributed by atoms with van der Waals surface area (Å²) in [6.07, 6.45) is 7.73. The zero-order valence-electron chi connectivity index (χ0n) is 24.8. The van der Waals surface area contributed by atoms with Crippen LogP contribution in [-0.4, -0.2) is 45.0 Å². The number of amides is 2. The first kappa shape index (κ1) is 28.1. The van der Waals surface area contributed by atoms with Crippen molar-refractivity contribution in [1.82, 2.24) is 10.6 Å². The lowest BCUT2D eigenvalue weighted by molar-refractivity contribution is 0.0695. The van der Waals surface area contributed by atoms with Gasteiger partial charge in [0.2, 0.25) is 0 Å². The third-order valence-electron chi connectivity index (χ3n) is 10.1. The van der Waals surface area contributed by atoms with Gasteiger partial charge in [-0.3, -0.25) is 9.59 Å². The van der Waals surface area contributed by atoms with E-state index in [1.807, 2.05) is 12.1 Å². The van der Waals surface area contributed by atoms with Crippen molar-refractivity contribution in [3.63, 3.8) is 0 Å². The number of carboxylic acids is 2. The lowest BCUT2D eigenvalue weighted by Crippen LogP contribution is -2.44. The van der Waals surface area contributed by atoms with Gasteiger partial charge in [-0.05, 0) is 96.1 Å². The molecule has 5 aromatic carbocycles. The summed E-state index contributed by atoms with van der Waals surface area (Å²) in [4.78, 5) is 52.6. The van der Waals surface area contributed by atoms with Gasteiger partial charge in [0.15, 0.2) is 0 Å². The second-order valence-corrected chi connectivity index (χ2v) is 13.2. The molecule has 4 N–H and O–H groups in total. The molecule has 2 amide bonds. The van der Waals surface area contributed by atoms with E-state index in [1.54, 1.807) is 24.3 Å². The normalized spacial score (nSPS) is 17.5. The summed E-state index contributed by atoms with van der Waals surface area (Å²) in [5, 5.41) is 31.2. The molecule has 0 aromatic heterocycles. The first-order valence-corrected chi connectivity index (χ1v) is 15.3. The number of benzene rings is 5. The van der Waals surface area contributed by atoms with Gasteiger partial charge < -0.3 is 20.8 Å². The molecule has 0 saturated heterocycles. The molecule has 2 saturated carbocycles. The van der Waals surface area contributed by atoms with E-state index in [0.29, 0.717) is 32.7 Å². The number of nitrogens with one attached hydrogen (secondary N) is 2. The molecule has 0 unspecified atom stereocenters. The first-order chi connectivity index (χ1) is 21.0. The minimum absolute atomic E-state index is 0.0932. The Morgan fingerprint density at radius 1 is 0.500 bits per heavy atom. The Morgan fingerprint density at radius 3 is 1.11 bits per heavy atom. The van der Waals surface area contributed by atoms with Crippen LogP contribution in [0.2, 0.25) is 0 Å². The van der Waals surface area contributed by atoms with Gasteiger partial charge in [0.25, 0.3) is 11.8 Å². The molecule has 5 aromatic rings. The molecule has 0 spiro atoms. The SMILES string of the molecule is CC1(NC(=O)c2ccc3c4ccc(C(=O)O)c5c(C(=O)O)ccc(c6ccc(C(=O)NC7(C)CCCC7)c2c36)c54)CCCC1. The van der Waals surface area contributed by atoms with Crippen molar-refractivity contribution < 1.29 is 29.4 Å². The standard InChI is InChI=1S/C36H34N2O6/c1-35(15-3-4-16-35)37-31(39)23-11-7-19-21-9-13-25(33(41)42)30-26(34(43)44)14-10-22(28(21)30)20-8-12-24(29(23)27(19)20)32(40)38-36(2)17-5-6-18-36/h7-14H,3-6,15-18H2,1-2H3,(H,37,39)(H,38,40)(H,41,42)(H,43,44). The zero-order valence-corrected chi connectivity index (χ0v) is 24.8. The van der Waals surface area contributed by atoms with Crippen LogP contribution in [0, 0.1) is 0 Å². The number of hydrogen-bond donors (Lipinski definition) is 4. The van der Waals surface area contributed by atoms with Crippen LogP contribution in [0.5, 0.6) is 0 Å². The smallest absolute Gasteiger partial charge is 0.336 e. The summed E-state index contributed by atoms with van der Waals surface area (Å²) in [5.74, 6) is -2.91. The average Bonchev–Trinajstić information content (AvgIpc) is 3.62. The molecule has 44 heavy (non-hydrogen) atoms. The Labute approximate surface area is 253 Å². The maximum Gasteiger partial charge on any atom is 0.336 e. The summed E-state index contributed by atoms with van der Waals surface area (Å²) in [6.45, 7) is 4.13. The third kappa shape index (κ3) is 4.26. The third-order valence-corrected chi connectivity index (χ3v) is 10.1. The van der Waals surface area contributed by atoms with Crippen LogP contribution in [-0.2, 0) is 0 Å². The van der Waals surface area contributed by atoms with E-state index in [0.717, 1.165) is 67.5 Å². The van der Waals surface area contributed by atoms with Crippen molar-refractivity contribution in [3.8, 4) is 0 Å². The molecule has 0 heterocycles. The van der Waals surface area contributed by atoms with Crippen LogP contribution in [0.1, 0.15) is 107 Å². The fourth-order valence-electron chi connectivity index (χ4n) is 7.87. The Balaban J connectivity index is 1.56. The summed E-state index contributed by atoms with van der Waals surface area (Å²) in [6, 6.07) is 13.4. The molecular weight excluding hydrogens is 556 g/mol. The predicted molar refractivity (Wildman–Crippen MR) is 170 cm³/mol. The van der Waals surface area contributed by atoms with Gasteiger partial charge in [0.05, 0.1) is 11.1 Å². The molecule has 0 aliphatic heterocycles. The number of aromatic carboxylic acids is 2. The highest BCUT2D eigenvalue weighted by Crippen LogP contribution is 2.44. The molecule has 0 radical (unpaired) electrons. The van der Waals surface area contributed by atoms with Crippen LogP contribution >= 0.6 is 0 Å². The molecule has 0 bridgehead atoms. The summed E-state index contributed by atoms with van der Waals surface area (Å²) >= 11 is 0. The van der Waals surface area contributed by atoms with E-state index in [-0.39, 0.29) is 39.4 Å². The van der Waals surface area contributed by atoms with Gasteiger partial charge in [-0.15, -0.1) is 0 Å². The van der Waals surface area contributed by atoms with Crippen LogP contribution < -0.4 is 10.6 Å². The van der Waals surface area contributed by atoms with Crippen molar-refractivity contribution in [2.24, 2.45) is 0 Å². The highest BCUT2D eigenvalue weighted by atomic mass is 16.4. The second kappa shape index (κ2) is 9.91. The quantitative estimate of drug-likeness (QED) is 0.122. The van der Waals surface area contributed by atoms with Crippen molar-refractivity contribution in [1.29, 1.82) is 0 Å². The van der Waals surface area contributed by atoms with E-state index < -0.39 is 11.9 Å². The molecule has 2 aliphatic rings. The Hall–Kier alpha value is -4.72.